The first-order chi connectivity index (χ1) is 50.4. The molecule has 0 saturated carbocycles. The molecule has 48 nitrogen and oxygen atoms in total. The Labute approximate surface area is 605 Å². The van der Waals surface area contributed by atoms with Crippen LogP contribution in [0.15, 0.2) is 0 Å². The van der Waals surface area contributed by atoms with Crippen molar-refractivity contribution in [3.8, 4) is 0 Å². The normalized spacial score (nSPS) is 46.9. The first-order valence-corrected chi connectivity index (χ1v) is 33.7. The van der Waals surface area contributed by atoms with Gasteiger partial charge < -0.3 is 215 Å². The number of hydrogen-bond donors (Lipinski definition) is 28. The summed E-state index contributed by atoms with van der Waals surface area (Å²) in [6.45, 7) is -4.82. The van der Waals surface area contributed by atoms with Crippen LogP contribution in [0, 0.1) is 0 Å². The molecule has 0 spiro atoms. The van der Waals surface area contributed by atoms with Crippen molar-refractivity contribution in [3.63, 3.8) is 0 Å². The molecule has 8 aliphatic rings. The number of nitrogens with one attached hydrogen (secondary N) is 4. The topological polar surface area (TPSA) is 757 Å². The quantitative estimate of drug-likeness (QED) is 0.0331. The summed E-state index contributed by atoms with van der Waals surface area (Å²) in [6.07, 6.45) is -75.7. The fourth-order valence-corrected chi connectivity index (χ4v) is 13.6. The van der Waals surface area contributed by atoms with Crippen LogP contribution < -0.4 is 21.3 Å². The second kappa shape index (κ2) is 38.1. The third-order valence-corrected chi connectivity index (χ3v) is 19.2. The Balaban J connectivity index is 1.00. The van der Waals surface area contributed by atoms with Crippen molar-refractivity contribution in [2.75, 3.05) is 52.9 Å². The molecule has 0 aromatic rings. The number of hydrogen-bond acceptors (Lipinski definition) is 43. The van der Waals surface area contributed by atoms with E-state index in [0.717, 1.165) is 27.7 Å². The van der Waals surface area contributed by atoms with Crippen molar-refractivity contribution in [2.24, 2.45) is 0 Å². The Kier molecular flexibility index (Phi) is 31.5. The molecular weight excluding hydrogens is 1470 g/mol. The first kappa shape index (κ1) is 88.4. The summed E-state index contributed by atoms with van der Waals surface area (Å²) in [5.41, 5.74) is 0. The second-order valence-corrected chi connectivity index (χ2v) is 26.8. The number of carboxylic acid groups (broad SMARTS) is 1. The number of aliphatic carboxylic acids is 1. The standard InChI is InChI=1S/C59H98N4O44/c1-14(70)60-27-18(74)5-59(58(91)92,107-49(27)31(76)19(75)6-64)94-13-26-33(78)39(84)42(87)55(101-26)104-46-22(9-67)98-53(30(36(46)81)63-17(4)73)103-48-24(11-69)99-56(43(88)40(48)85)106-50-34(79)25(12-93-54-41(86)38(83)32(77)20(7-65)96-54)100-57(44(50)89)105-47-23(10-68)97-52(29(37(47)82)62-16(3)72)102-45-21(8-66)95-51(90)28(35(45)80)61-15(2)71/h18-57,64-69,74-90H,5-13H2,1-4H3,(H,60,70)(H,61,71)(H,62,72)(H,63,73)(H,91,92)/t18-,19+,20+,21+,22+,23+,24+,25+,26+,27+,28+,29+,30+,31+,32+,33-,34+,35+,36+,37+,38-,39-,40+,41-,42+,43-,44-,45+,46+,47+,48+,49+,50-,51+,52-,53-,54-,55-,56+,57-,59+/m0/s1. The van der Waals surface area contributed by atoms with E-state index in [1.54, 1.807) is 0 Å². The molecule has 8 rings (SSSR count). The van der Waals surface area contributed by atoms with E-state index in [0.29, 0.717) is 0 Å². The van der Waals surface area contributed by atoms with E-state index in [4.69, 9.17) is 71.1 Å². The molecule has 618 valence electrons. The molecule has 8 aliphatic heterocycles. The Morgan fingerprint density at radius 3 is 1.20 bits per heavy atom. The van der Waals surface area contributed by atoms with Gasteiger partial charge >= 0.3 is 5.97 Å². The summed E-state index contributed by atoms with van der Waals surface area (Å²) in [6, 6.07) is -7.01. The van der Waals surface area contributed by atoms with Crippen LogP contribution in [-0.4, -0.2) is 456 Å². The van der Waals surface area contributed by atoms with Gasteiger partial charge in [-0.25, -0.2) is 4.79 Å². The molecule has 0 aromatic heterocycles. The van der Waals surface area contributed by atoms with Gasteiger partial charge in [-0.1, -0.05) is 0 Å². The zero-order chi connectivity index (χ0) is 79.3. The lowest BCUT2D eigenvalue weighted by Crippen LogP contribution is -2.70. The number of carbonyl (C=O) groups is 5. The Bertz CT molecular complexity index is 2870. The molecule has 0 radical (unpaired) electrons. The van der Waals surface area contributed by atoms with Gasteiger partial charge in [0.25, 0.3) is 5.79 Å². The highest BCUT2D eigenvalue weighted by Crippen LogP contribution is 2.40. The van der Waals surface area contributed by atoms with Gasteiger partial charge in [0.05, 0.1) is 65.0 Å². The lowest BCUT2D eigenvalue weighted by molar-refractivity contribution is -0.391. The summed E-state index contributed by atoms with van der Waals surface area (Å²) in [7, 11) is 0. The SMILES string of the molecule is CC(=O)N[C@@H]1[C@@H](O)[C@H](O[C@@H]2O[C@H](CO)[C@@H](O[C@@H]3O[C@H](CO[C@H]4O[C@H](CO)[C@@H](O)[C@H](O)[C@@H]4O)[C@@H](O)[C@H](O[C@H]4O[C@H](CO)[C@@H](O[C@@H]5O[C@H](CO)[C@@H](O[C@@H]6O[C@H](CO[C@]7(C(=O)O)C[C@H](O)[C@@H](NC(C)=O)[C@H]([C@H](O)[C@H](O)CO)O7)[C@H](O)[C@H](O)[C@H]6O)[C@H](O)[C@H]5NC(C)=O)[C@H](O)[C@@H]4O)[C@@H]3O)[C@H](O)[C@H]2NC(C)=O)[C@@H](CO)O[C@H]1O. The molecular formula is C59H98N4O44. The van der Waals surface area contributed by atoms with E-state index in [-0.39, 0.29) is 0 Å². The van der Waals surface area contributed by atoms with Gasteiger partial charge in [-0.15, -0.1) is 0 Å². The molecule has 107 heavy (non-hydrogen) atoms. The average molecular weight is 1570 g/mol. The number of amides is 4. The highest BCUT2D eigenvalue weighted by atomic mass is 16.8. The number of aliphatic hydroxyl groups excluding tert-OH is 23. The summed E-state index contributed by atoms with van der Waals surface area (Å²) < 4.78 is 86.8. The van der Waals surface area contributed by atoms with E-state index >= 15 is 0 Å². The van der Waals surface area contributed by atoms with E-state index in [1.165, 1.54) is 0 Å². The maximum absolute atomic E-state index is 12.9. The van der Waals surface area contributed by atoms with Gasteiger partial charge in [0.2, 0.25) is 23.6 Å². The number of aliphatic hydroxyl groups is 23. The smallest absolute Gasteiger partial charge is 0.364 e. The molecule has 8 fully saturated rings. The van der Waals surface area contributed by atoms with Crippen molar-refractivity contribution >= 4 is 29.6 Å². The summed E-state index contributed by atoms with van der Waals surface area (Å²) >= 11 is 0. The Morgan fingerprint density at radius 1 is 0.383 bits per heavy atom. The van der Waals surface area contributed by atoms with Crippen molar-refractivity contribution in [1.29, 1.82) is 0 Å². The van der Waals surface area contributed by atoms with Crippen LogP contribution >= 0.6 is 0 Å². The van der Waals surface area contributed by atoms with Crippen LogP contribution in [-0.2, 0) is 95.0 Å². The number of carbonyl (C=O) groups excluding carboxylic acids is 4. The highest BCUT2D eigenvalue weighted by molar-refractivity contribution is 5.77. The van der Waals surface area contributed by atoms with Gasteiger partial charge in [-0.2, -0.15) is 0 Å². The zero-order valence-corrected chi connectivity index (χ0v) is 57.4. The van der Waals surface area contributed by atoms with Crippen molar-refractivity contribution in [2.45, 2.75) is 285 Å². The fourth-order valence-electron chi connectivity index (χ4n) is 13.6. The number of rotatable bonds is 29. The van der Waals surface area contributed by atoms with Gasteiger partial charge in [-0.3, -0.25) is 19.2 Å². The summed E-state index contributed by atoms with van der Waals surface area (Å²) in [5.74, 6) is -8.48. The largest absolute Gasteiger partial charge is 0.477 e. The monoisotopic (exact) mass is 1570 g/mol. The van der Waals surface area contributed by atoms with Crippen LogP contribution in [0.4, 0.5) is 0 Å². The molecule has 0 unspecified atom stereocenters. The van der Waals surface area contributed by atoms with Crippen LogP contribution in [0.2, 0.25) is 0 Å². The van der Waals surface area contributed by atoms with Crippen LogP contribution in [0.5, 0.6) is 0 Å². The first-order valence-electron chi connectivity index (χ1n) is 33.7. The molecule has 0 aromatic carbocycles. The van der Waals surface area contributed by atoms with Crippen molar-refractivity contribution < 1.29 is 218 Å². The predicted molar refractivity (Wildman–Crippen MR) is 328 cm³/mol. The second-order valence-electron chi connectivity index (χ2n) is 26.8. The molecule has 41 atom stereocenters. The van der Waals surface area contributed by atoms with Gasteiger partial charge in [0.1, 0.15) is 189 Å². The fraction of sp³-hybridized carbons (Fsp3) is 0.915. The minimum Gasteiger partial charge on any atom is -0.477 e. The van der Waals surface area contributed by atoms with E-state index in [2.05, 4.69) is 21.3 Å². The van der Waals surface area contributed by atoms with Crippen molar-refractivity contribution in [3.05, 3.63) is 0 Å². The third kappa shape index (κ3) is 19.7. The number of ether oxygens (including phenoxy) is 15. The molecule has 4 amide bonds. The Hall–Kier alpha value is -4.17. The number of carboxylic acids is 1. The third-order valence-electron chi connectivity index (χ3n) is 19.2. The van der Waals surface area contributed by atoms with E-state index < -0.39 is 340 Å². The lowest BCUT2D eigenvalue weighted by Gasteiger charge is -2.51. The predicted octanol–water partition coefficient (Wildman–Crippen LogP) is -18.7. The maximum atomic E-state index is 12.9. The van der Waals surface area contributed by atoms with Gasteiger partial charge in [0.15, 0.2) is 44.0 Å². The van der Waals surface area contributed by atoms with E-state index in [1.807, 2.05) is 0 Å². The minimum atomic E-state index is -3.04. The zero-order valence-electron chi connectivity index (χ0n) is 57.4. The minimum absolute atomic E-state index is 0.759. The van der Waals surface area contributed by atoms with Crippen LogP contribution in [0.3, 0.4) is 0 Å². The average Bonchev–Trinajstić information content (AvgIpc) is 0.771. The summed E-state index contributed by atoms with van der Waals surface area (Å²) in [4.78, 5) is 62.5. The van der Waals surface area contributed by atoms with Crippen LogP contribution in [0.1, 0.15) is 34.1 Å². The lowest BCUT2D eigenvalue weighted by atomic mass is 9.88. The van der Waals surface area contributed by atoms with Gasteiger partial charge in [0, 0.05) is 34.1 Å². The van der Waals surface area contributed by atoms with Gasteiger partial charge in [-0.05, 0) is 0 Å². The molecule has 0 bridgehead atoms. The summed E-state index contributed by atoms with van der Waals surface area (Å²) in [5, 5.41) is 273. The van der Waals surface area contributed by atoms with Crippen LogP contribution in [0.25, 0.3) is 0 Å². The molecule has 8 saturated heterocycles. The Morgan fingerprint density at radius 2 is 0.738 bits per heavy atom. The molecule has 28 N–H and O–H groups in total. The molecule has 48 heteroatoms. The highest BCUT2D eigenvalue weighted by Gasteiger charge is 2.61. The van der Waals surface area contributed by atoms with E-state index in [9.17, 15) is 147 Å². The molecule has 8 heterocycles. The van der Waals surface area contributed by atoms with Crippen molar-refractivity contribution in [1.82, 2.24) is 21.3 Å². The maximum Gasteiger partial charge on any atom is 0.364 e. The molecule has 0 aliphatic carbocycles.